The van der Waals surface area contributed by atoms with E-state index >= 15 is 0 Å². The zero-order chi connectivity index (χ0) is 11.5. The van der Waals surface area contributed by atoms with Crippen LogP contribution in [0.3, 0.4) is 0 Å². The molecule has 1 heteroatoms. The first-order chi connectivity index (χ1) is 6.93. The summed E-state index contributed by atoms with van der Waals surface area (Å²) in [7, 11) is 0. The summed E-state index contributed by atoms with van der Waals surface area (Å²) in [6.07, 6.45) is 4.31. The summed E-state index contributed by atoms with van der Waals surface area (Å²) in [6.45, 7) is 13.4. The zero-order valence-corrected chi connectivity index (χ0v) is 11.2. The van der Waals surface area contributed by atoms with Gasteiger partial charge in [0.1, 0.15) is 0 Å². The van der Waals surface area contributed by atoms with Crippen LogP contribution in [0.25, 0.3) is 0 Å². The summed E-state index contributed by atoms with van der Waals surface area (Å²) >= 11 is 0. The smallest absolute Gasteiger partial charge is 0.0542 e. The fraction of sp³-hybridized carbons (Fsp3) is 1.00. The average molecular weight is 212 g/mol. The quantitative estimate of drug-likeness (QED) is 0.683. The summed E-state index contributed by atoms with van der Waals surface area (Å²) in [5, 5.41) is 0. The highest BCUT2D eigenvalue weighted by atomic mass is 16.5. The van der Waals surface area contributed by atoms with Crippen LogP contribution in [0.5, 0.6) is 0 Å². The van der Waals surface area contributed by atoms with Crippen LogP contribution in [0.15, 0.2) is 0 Å². The van der Waals surface area contributed by atoms with Crippen molar-refractivity contribution in [1.29, 1.82) is 0 Å². The third kappa shape index (κ3) is 5.01. The van der Waals surface area contributed by atoms with E-state index in [1.807, 2.05) is 0 Å². The number of hydrogen-bond donors (Lipinski definition) is 0. The number of hydrogen-bond acceptors (Lipinski definition) is 1. The normalized spacial score (nSPS) is 23.4. The molecule has 0 unspecified atom stereocenters. The fourth-order valence-corrected chi connectivity index (χ4v) is 2.32. The van der Waals surface area contributed by atoms with Crippen molar-refractivity contribution in [2.75, 3.05) is 13.2 Å². The standard InChI is InChI=1S/C8H16O.C6H12/c1-7(2)4-8(3)5-9-6-8;1-5(2)6-3-4-6/h7H,4-6H2,1-3H3;5-6H,3-4H2,1-2H3. The molecule has 1 aliphatic heterocycles. The minimum atomic E-state index is 0.522. The Balaban J connectivity index is 0.000000162. The molecule has 0 N–H and O–H groups in total. The van der Waals surface area contributed by atoms with Crippen molar-refractivity contribution in [2.24, 2.45) is 23.2 Å². The Hall–Kier alpha value is -0.0400. The SMILES string of the molecule is CC(C)C1CC1.CC(C)CC1(C)COC1. The van der Waals surface area contributed by atoms with E-state index in [0.29, 0.717) is 5.41 Å². The van der Waals surface area contributed by atoms with Crippen molar-refractivity contribution >= 4 is 0 Å². The monoisotopic (exact) mass is 212 g/mol. The largest absolute Gasteiger partial charge is 0.380 e. The first kappa shape index (κ1) is 13.0. The van der Waals surface area contributed by atoms with Gasteiger partial charge in [-0.25, -0.2) is 0 Å². The van der Waals surface area contributed by atoms with Gasteiger partial charge in [-0.2, -0.15) is 0 Å². The molecule has 1 nitrogen and oxygen atoms in total. The molecule has 0 radical (unpaired) electrons. The summed E-state index contributed by atoms with van der Waals surface area (Å²) in [4.78, 5) is 0. The molecule has 0 aromatic heterocycles. The highest BCUT2D eigenvalue weighted by Crippen LogP contribution is 2.35. The molecule has 1 aliphatic carbocycles. The van der Waals surface area contributed by atoms with Gasteiger partial charge in [0.2, 0.25) is 0 Å². The van der Waals surface area contributed by atoms with Gasteiger partial charge in [-0.3, -0.25) is 0 Å². The number of ether oxygens (including phenoxy) is 1. The van der Waals surface area contributed by atoms with Crippen LogP contribution >= 0.6 is 0 Å². The summed E-state index contributed by atoms with van der Waals surface area (Å²) in [6, 6.07) is 0. The Labute approximate surface area is 95.6 Å². The molecule has 2 rings (SSSR count). The molecule has 90 valence electrons. The molecular weight excluding hydrogens is 184 g/mol. The third-order valence-corrected chi connectivity index (χ3v) is 3.37. The Morgan fingerprint density at radius 2 is 1.67 bits per heavy atom. The lowest BCUT2D eigenvalue weighted by Crippen LogP contribution is -2.40. The van der Waals surface area contributed by atoms with Gasteiger partial charge in [0.15, 0.2) is 0 Å². The predicted molar refractivity (Wildman–Crippen MR) is 65.9 cm³/mol. The van der Waals surface area contributed by atoms with Crippen molar-refractivity contribution in [3.63, 3.8) is 0 Å². The van der Waals surface area contributed by atoms with Gasteiger partial charge in [0.05, 0.1) is 13.2 Å². The maximum Gasteiger partial charge on any atom is 0.0542 e. The molecule has 0 aromatic carbocycles. The molecule has 1 heterocycles. The van der Waals surface area contributed by atoms with Gasteiger partial charge in [-0.1, -0.05) is 34.6 Å². The lowest BCUT2D eigenvalue weighted by atomic mass is 9.80. The molecule has 0 atom stereocenters. The van der Waals surface area contributed by atoms with Gasteiger partial charge in [0, 0.05) is 5.41 Å². The maximum atomic E-state index is 5.14. The van der Waals surface area contributed by atoms with E-state index in [1.165, 1.54) is 19.3 Å². The molecule has 0 bridgehead atoms. The first-order valence-corrected chi connectivity index (χ1v) is 6.51. The van der Waals surface area contributed by atoms with Crippen molar-refractivity contribution < 1.29 is 4.74 Å². The Morgan fingerprint density at radius 1 is 1.13 bits per heavy atom. The van der Waals surface area contributed by atoms with Crippen LogP contribution in [-0.4, -0.2) is 13.2 Å². The lowest BCUT2D eigenvalue weighted by molar-refractivity contribution is -0.111. The molecule has 1 saturated heterocycles. The Morgan fingerprint density at radius 3 is 1.73 bits per heavy atom. The maximum absolute atomic E-state index is 5.14. The highest BCUT2D eigenvalue weighted by Gasteiger charge is 2.33. The first-order valence-electron chi connectivity index (χ1n) is 6.51. The topological polar surface area (TPSA) is 9.23 Å². The van der Waals surface area contributed by atoms with Crippen molar-refractivity contribution in [3.05, 3.63) is 0 Å². The van der Waals surface area contributed by atoms with Crippen LogP contribution < -0.4 is 0 Å². The van der Waals surface area contributed by atoms with Gasteiger partial charge < -0.3 is 4.74 Å². The molecule has 0 aromatic rings. The highest BCUT2D eigenvalue weighted by molar-refractivity contribution is 4.81. The second kappa shape index (κ2) is 5.34. The van der Waals surface area contributed by atoms with Crippen LogP contribution in [0.2, 0.25) is 0 Å². The van der Waals surface area contributed by atoms with Crippen LogP contribution in [0, 0.1) is 23.2 Å². The van der Waals surface area contributed by atoms with Gasteiger partial charge in [-0.15, -0.1) is 0 Å². The molecule has 15 heavy (non-hydrogen) atoms. The van der Waals surface area contributed by atoms with Crippen molar-refractivity contribution in [1.82, 2.24) is 0 Å². The van der Waals surface area contributed by atoms with Gasteiger partial charge in [0.25, 0.3) is 0 Å². The van der Waals surface area contributed by atoms with E-state index in [1.54, 1.807) is 0 Å². The molecule has 2 aliphatic rings. The van der Waals surface area contributed by atoms with E-state index in [-0.39, 0.29) is 0 Å². The van der Waals surface area contributed by atoms with Crippen molar-refractivity contribution in [2.45, 2.75) is 53.9 Å². The third-order valence-electron chi connectivity index (χ3n) is 3.37. The Kier molecular flexibility index (Phi) is 4.64. The molecule has 0 amide bonds. The van der Waals surface area contributed by atoms with E-state index in [0.717, 1.165) is 31.0 Å². The van der Waals surface area contributed by atoms with Crippen molar-refractivity contribution in [3.8, 4) is 0 Å². The fourth-order valence-electron chi connectivity index (χ4n) is 2.32. The minimum Gasteiger partial charge on any atom is -0.380 e. The lowest BCUT2D eigenvalue weighted by Gasteiger charge is -2.39. The second-order valence-electron chi connectivity index (χ2n) is 6.48. The van der Waals surface area contributed by atoms with E-state index in [9.17, 15) is 0 Å². The van der Waals surface area contributed by atoms with E-state index < -0.39 is 0 Å². The summed E-state index contributed by atoms with van der Waals surface area (Å²) < 4.78 is 5.14. The molecule has 2 fully saturated rings. The van der Waals surface area contributed by atoms with Crippen LogP contribution in [0.4, 0.5) is 0 Å². The molecule has 1 saturated carbocycles. The zero-order valence-electron chi connectivity index (χ0n) is 11.2. The van der Waals surface area contributed by atoms with E-state index in [4.69, 9.17) is 4.74 Å². The van der Waals surface area contributed by atoms with E-state index in [2.05, 4.69) is 34.6 Å². The minimum absolute atomic E-state index is 0.522. The molecule has 0 spiro atoms. The van der Waals surface area contributed by atoms with Crippen LogP contribution in [-0.2, 0) is 4.74 Å². The predicted octanol–water partition coefficient (Wildman–Crippen LogP) is 4.12. The van der Waals surface area contributed by atoms with Crippen LogP contribution in [0.1, 0.15) is 53.9 Å². The number of rotatable bonds is 3. The summed E-state index contributed by atoms with van der Waals surface area (Å²) in [5.41, 5.74) is 0.522. The summed E-state index contributed by atoms with van der Waals surface area (Å²) in [5.74, 6) is 2.88. The second-order valence-corrected chi connectivity index (χ2v) is 6.48. The average Bonchev–Trinajstić information content (AvgIpc) is 2.82. The van der Waals surface area contributed by atoms with Gasteiger partial charge >= 0.3 is 0 Å². The van der Waals surface area contributed by atoms with Gasteiger partial charge in [-0.05, 0) is 37.0 Å². The molecular formula is C14H28O. The Bertz CT molecular complexity index is 176.